The third-order valence-corrected chi connectivity index (χ3v) is 2.56. The van der Waals surface area contributed by atoms with E-state index in [1.807, 2.05) is 0 Å². The van der Waals surface area contributed by atoms with E-state index < -0.39 is 33.2 Å². The molecule has 2 N–H and O–H groups in total. The average molecular weight is 242 g/mol. The Kier molecular flexibility index (Phi) is 2.79. The van der Waals surface area contributed by atoms with Gasteiger partial charge in [-0.1, -0.05) is 11.5 Å². The molecule has 0 heterocycles. The first kappa shape index (κ1) is 12.0. The second-order valence-electron chi connectivity index (χ2n) is 2.80. The summed E-state index contributed by atoms with van der Waals surface area (Å²) in [4.78, 5) is -0.691. The summed E-state index contributed by atoms with van der Waals surface area (Å²) in [6.07, 6.45) is 0. The molecule has 84 valence electrons. The summed E-state index contributed by atoms with van der Waals surface area (Å²) in [5, 5.41) is 4.61. The highest BCUT2D eigenvalue weighted by Gasteiger charge is 2.29. The zero-order valence-corrected chi connectivity index (χ0v) is 7.94. The second-order valence-corrected chi connectivity index (χ2v) is 4.36. The van der Waals surface area contributed by atoms with Gasteiger partial charge in [-0.2, -0.15) is 0 Å². The molecular weight excluding hydrogens is 237 g/mol. The van der Waals surface area contributed by atoms with E-state index in [0.717, 1.165) is 0 Å². The first-order valence-electron chi connectivity index (χ1n) is 3.64. The van der Waals surface area contributed by atoms with Crippen LogP contribution in [0.5, 0.6) is 0 Å². The van der Waals surface area contributed by atoms with Gasteiger partial charge in [-0.15, -0.1) is 0 Å². The molecule has 1 rings (SSSR count). The van der Waals surface area contributed by atoms with E-state index in [1.54, 1.807) is 0 Å². The maximum absolute atomic E-state index is 12.9. The van der Waals surface area contributed by atoms with Crippen molar-refractivity contribution >= 4 is 22.5 Å². The lowest BCUT2D eigenvalue weighted by atomic mass is 9.80. The summed E-state index contributed by atoms with van der Waals surface area (Å²) in [7, 11) is -4.19. The Morgan fingerprint density at radius 2 is 1.73 bits per heavy atom. The number of sulfonamides is 1. The molecule has 0 aromatic heterocycles. The Morgan fingerprint density at radius 3 is 2.07 bits per heavy atom. The Bertz CT molecular complexity index is 484. The molecular formula is C6H5BF4NO2S-. The molecule has 0 aliphatic carbocycles. The van der Waals surface area contributed by atoms with Crippen molar-refractivity contribution in [3.8, 4) is 0 Å². The first-order valence-corrected chi connectivity index (χ1v) is 5.19. The van der Waals surface area contributed by atoms with Gasteiger partial charge in [-0.3, -0.25) is 0 Å². The molecule has 0 atom stereocenters. The summed E-state index contributed by atoms with van der Waals surface area (Å²) >= 11 is 0. The topological polar surface area (TPSA) is 60.2 Å². The lowest BCUT2D eigenvalue weighted by Crippen LogP contribution is -2.37. The van der Waals surface area contributed by atoms with Gasteiger partial charge < -0.3 is 12.9 Å². The molecule has 1 aromatic carbocycles. The van der Waals surface area contributed by atoms with E-state index in [-0.39, 0.29) is 6.07 Å². The average Bonchev–Trinajstić information content (AvgIpc) is 1.99. The molecule has 0 saturated heterocycles. The summed E-state index contributed by atoms with van der Waals surface area (Å²) in [6.45, 7) is -5.49. The van der Waals surface area contributed by atoms with Crippen molar-refractivity contribution in [2.45, 2.75) is 4.90 Å². The quantitative estimate of drug-likeness (QED) is 0.607. The number of halogens is 4. The molecule has 0 aliphatic heterocycles. The molecule has 0 saturated carbocycles. The lowest BCUT2D eigenvalue weighted by molar-refractivity contribution is 0.493. The summed E-state index contributed by atoms with van der Waals surface area (Å²) in [5.41, 5.74) is -1.47. The molecule has 0 spiro atoms. The van der Waals surface area contributed by atoms with E-state index >= 15 is 0 Å². The van der Waals surface area contributed by atoms with Crippen LogP contribution in [0.2, 0.25) is 0 Å². The predicted octanol–water partition coefficient (Wildman–Crippen LogP) is 0.528. The minimum atomic E-state index is -5.49. The molecule has 0 amide bonds. The lowest BCUT2D eigenvalue weighted by Gasteiger charge is -2.15. The fourth-order valence-electron chi connectivity index (χ4n) is 0.950. The van der Waals surface area contributed by atoms with Crippen molar-refractivity contribution < 1.29 is 25.8 Å². The van der Waals surface area contributed by atoms with Gasteiger partial charge >= 0.3 is 6.98 Å². The Morgan fingerprint density at radius 1 is 1.20 bits per heavy atom. The first-order chi connectivity index (χ1) is 6.62. The van der Waals surface area contributed by atoms with Gasteiger partial charge in [0.1, 0.15) is 0 Å². The van der Waals surface area contributed by atoms with Crippen LogP contribution in [0.15, 0.2) is 23.1 Å². The number of hydrogen-bond donors (Lipinski definition) is 1. The number of nitrogens with two attached hydrogens (primary N) is 1. The number of primary sulfonamides is 1. The van der Waals surface area contributed by atoms with Crippen LogP contribution < -0.4 is 10.6 Å². The molecule has 15 heavy (non-hydrogen) atoms. The van der Waals surface area contributed by atoms with Crippen molar-refractivity contribution in [2.24, 2.45) is 5.14 Å². The van der Waals surface area contributed by atoms with Gasteiger partial charge in [0.15, 0.2) is 0 Å². The van der Waals surface area contributed by atoms with Gasteiger partial charge in [0, 0.05) is 0 Å². The van der Waals surface area contributed by atoms with Gasteiger partial charge in [-0.05, 0) is 12.1 Å². The zero-order chi connectivity index (χ0) is 11.9. The standard InChI is InChI=1S/C6H5BF4NO2S/c8-6-3-4(15(12,13)14)1-2-5(6)7(9,10)11/h1-3H,(H2,12,13,14)/q-1. The van der Waals surface area contributed by atoms with E-state index in [4.69, 9.17) is 0 Å². The van der Waals surface area contributed by atoms with Crippen LogP contribution >= 0.6 is 0 Å². The second kappa shape index (κ2) is 3.49. The minimum Gasteiger partial charge on any atom is -0.445 e. The van der Waals surface area contributed by atoms with E-state index in [0.29, 0.717) is 12.1 Å². The highest BCUT2D eigenvalue weighted by Crippen LogP contribution is 2.14. The molecule has 3 nitrogen and oxygen atoms in total. The molecule has 1 aromatic rings. The fourth-order valence-corrected chi connectivity index (χ4v) is 1.48. The highest BCUT2D eigenvalue weighted by atomic mass is 32.2. The monoisotopic (exact) mass is 242 g/mol. The third-order valence-electron chi connectivity index (χ3n) is 1.65. The number of hydrogen-bond acceptors (Lipinski definition) is 2. The molecule has 0 unspecified atom stereocenters. The van der Waals surface area contributed by atoms with Crippen molar-refractivity contribution in [2.75, 3.05) is 0 Å². The van der Waals surface area contributed by atoms with Crippen LogP contribution in [0, 0.1) is 5.82 Å². The molecule has 9 heteroatoms. The fraction of sp³-hybridized carbons (Fsp3) is 0. The van der Waals surface area contributed by atoms with Crippen molar-refractivity contribution in [3.63, 3.8) is 0 Å². The Balaban J connectivity index is 3.34. The van der Waals surface area contributed by atoms with Crippen LogP contribution in [0.4, 0.5) is 17.3 Å². The summed E-state index contributed by atoms with van der Waals surface area (Å²) in [6, 6.07) is 1.22. The van der Waals surface area contributed by atoms with Gasteiger partial charge in [0.05, 0.1) is 10.7 Å². The maximum atomic E-state index is 12.9. The van der Waals surface area contributed by atoms with Crippen LogP contribution in [0.1, 0.15) is 0 Å². The molecule has 0 bridgehead atoms. The van der Waals surface area contributed by atoms with Crippen LogP contribution in [-0.4, -0.2) is 15.4 Å². The smallest absolute Gasteiger partial charge is 0.445 e. The largest absolute Gasteiger partial charge is 0.512 e. The van der Waals surface area contributed by atoms with Crippen LogP contribution in [-0.2, 0) is 10.0 Å². The summed E-state index contributed by atoms with van der Waals surface area (Å²) in [5.74, 6) is -1.64. The number of rotatable bonds is 2. The van der Waals surface area contributed by atoms with E-state index in [2.05, 4.69) is 5.14 Å². The zero-order valence-electron chi connectivity index (χ0n) is 7.12. The van der Waals surface area contributed by atoms with Crippen LogP contribution in [0.25, 0.3) is 0 Å². The minimum absolute atomic E-state index is 0.250. The van der Waals surface area contributed by atoms with Crippen LogP contribution in [0.3, 0.4) is 0 Å². The van der Waals surface area contributed by atoms with Crippen molar-refractivity contribution in [1.29, 1.82) is 0 Å². The van der Waals surface area contributed by atoms with Crippen molar-refractivity contribution in [1.82, 2.24) is 0 Å². The van der Waals surface area contributed by atoms with E-state index in [1.165, 1.54) is 0 Å². The molecule has 0 radical (unpaired) electrons. The predicted molar refractivity (Wildman–Crippen MR) is 46.5 cm³/mol. The molecule has 0 aliphatic rings. The normalized spacial score (nSPS) is 12.9. The maximum Gasteiger partial charge on any atom is 0.512 e. The van der Waals surface area contributed by atoms with Gasteiger partial charge in [-0.25, -0.2) is 17.9 Å². The van der Waals surface area contributed by atoms with Crippen molar-refractivity contribution in [3.05, 3.63) is 24.0 Å². The van der Waals surface area contributed by atoms with Gasteiger partial charge in [0.25, 0.3) is 0 Å². The number of benzene rings is 1. The Labute approximate surface area is 83.0 Å². The highest BCUT2D eigenvalue weighted by molar-refractivity contribution is 7.89. The van der Waals surface area contributed by atoms with E-state index in [9.17, 15) is 25.8 Å². The SMILES string of the molecule is NS(=O)(=O)c1ccc([B-](F)(F)F)c(F)c1. The molecule has 0 fully saturated rings. The summed E-state index contributed by atoms with van der Waals surface area (Å²) < 4.78 is 70.6. The van der Waals surface area contributed by atoms with Gasteiger partial charge in [0.2, 0.25) is 10.0 Å². The third kappa shape index (κ3) is 2.69. The Hall–Kier alpha value is -1.09.